The summed E-state index contributed by atoms with van der Waals surface area (Å²) in [6, 6.07) is 9.86. The van der Waals surface area contributed by atoms with E-state index in [9.17, 15) is 4.79 Å². The number of nitrogens with zero attached hydrogens (tertiary/aromatic N) is 1. The van der Waals surface area contributed by atoms with Crippen LogP contribution in [0.25, 0.3) is 6.08 Å². The van der Waals surface area contributed by atoms with Gasteiger partial charge < -0.3 is 4.74 Å². The van der Waals surface area contributed by atoms with Crippen LogP contribution in [0.15, 0.2) is 41.0 Å². The molecule has 0 spiro atoms. The Hall–Kier alpha value is -2.10. The van der Waals surface area contributed by atoms with Crippen LogP contribution in [0.4, 0.5) is 4.79 Å². The molecule has 0 aliphatic carbocycles. The van der Waals surface area contributed by atoms with Crippen molar-refractivity contribution in [1.82, 2.24) is 5.43 Å². The van der Waals surface area contributed by atoms with Crippen LogP contribution >= 0.6 is 0 Å². The summed E-state index contributed by atoms with van der Waals surface area (Å²) in [6.45, 7) is 1.90. The summed E-state index contributed by atoms with van der Waals surface area (Å²) >= 11 is 0. The Balaban J connectivity index is 2.55. The molecule has 4 nitrogen and oxygen atoms in total. The zero-order valence-corrected chi connectivity index (χ0v) is 9.31. The van der Waals surface area contributed by atoms with E-state index in [-0.39, 0.29) is 0 Å². The summed E-state index contributed by atoms with van der Waals surface area (Å²) < 4.78 is 4.37. The van der Waals surface area contributed by atoms with Crippen molar-refractivity contribution in [3.63, 3.8) is 0 Å². The molecule has 0 aromatic heterocycles. The molecule has 0 aliphatic rings. The molecule has 0 heterocycles. The van der Waals surface area contributed by atoms with Crippen molar-refractivity contribution in [3.05, 3.63) is 41.5 Å². The predicted octanol–water partition coefficient (Wildman–Crippen LogP) is 2.43. The van der Waals surface area contributed by atoms with Crippen molar-refractivity contribution in [2.75, 3.05) is 7.11 Å². The molecule has 16 heavy (non-hydrogen) atoms. The number of allylic oxidation sites excluding steroid dienone is 1. The zero-order valence-electron chi connectivity index (χ0n) is 9.31. The fourth-order valence-corrected chi connectivity index (χ4v) is 1.08. The maximum atomic E-state index is 10.7. The minimum absolute atomic E-state index is 0.580. The van der Waals surface area contributed by atoms with E-state index in [1.54, 1.807) is 6.21 Å². The Morgan fingerprint density at radius 2 is 2.06 bits per heavy atom. The molecular weight excluding hydrogens is 204 g/mol. The van der Waals surface area contributed by atoms with E-state index in [1.165, 1.54) is 7.11 Å². The van der Waals surface area contributed by atoms with Crippen LogP contribution in [-0.2, 0) is 4.74 Å². The fourth-order valence-electron chi connectivity index (χ4n) is 1.08. The smallest absolute Gasteiger partial charge is 0.427 e. The van der Waals surface area contributed by atoms with Crippen molar-refractivity contribution < 1.29 is 9.53 Å². The zero-order chi connectivity index (χ0) is 11.8. The lowest BCUT2D eigenvalue weighted by atomic mass is 10.1. The summed E-state index contributed by atoms with van der Waals surface area (Å²) in [7, 11) is 1.29. The standard InChI is InChI=1S/C12H14N2O2/c1-10(9-13-14-12(15)16-2)8-11-6-4-3-5-7-11/h3-9H,1-2H3,(H,14,15)/b10-8-,13-9+. The molecule has 1 aromatic carbocycles. The van der Waals surface area contributed by atoms with Gasteiger partial charge in [0.05, 0.1) is 13.3 Å². The lowest BCUT2D eigenvalue weighted by molar-refractivity contribution is 0.171. The molecule has 0 bridgehead atoms. The molecule has 1 rings (SSSR count). The van der Waals surface area contributed by atoms with Crippen molar-refractivity contribution in [2.24, 2.45) is 5.10 Å². The molecule has 0 saturated carbocycles. The lowest BCUT2D eigenvalue weighted by Crippen LogP contribution is -2.16. The van der Waals surface area contributed by atoms with Gasteiger partial charge in [0.1, 0.15) is 0 Å². The topological polar surface area (TPSA) is 50.7 Å². The van der Waals surface area contributed by atoms with Gasteiger partial charge in [-0.3, -0.25) is 0 Å². The monoisotopic (exact) mass is 218 g/mol. The Morgan fingerprint density at radius 1 is 1.38 bits per heavy atom. The maximum absolute atomic E-state index is 10.7. The third-order valence-corrected chi connectivity index (χ3v) is 1.80. The van der Waals surface area contributed by atoms with E-state index in [0.717, 1.165) is 11.1 Å². The number of ether oxygens (including phenoxy) is 1. The number of nitrogens with one attached hydrogen (secondary N) is 1. The summed E-state index contributed by atoms with van der Waals surface area (Å²) in [4.78, 5) is 10.7. The minimum atomic E-state index is -0.580. The number of carbonyl (C=O) groups excluding carboxylic acids is 1. The average Bonchev–Trinajstić information content (AvgIpc) is 2.30. The van der Waals surface area contributed by atoms with E-state index in [0.29, 0.717) is 0 Å². The van der Waals surface area contributed by atoms with Gasteiger partial charge >= 0.3 is 6.09 Å². The van der Waals surface area contributed by atoms with Crippen molar-refractivity contribution in [1.29, 1.82) is 0 Å². The van der Waals surface area contributed by atoms with E-state index < -0.39 is 6.09 Å². The Labute approximate surface area is 94.6 Å². The number of methoxy groups -OCH3 is 1. The van der Waals surface area contributed by atoms with Gasteiger partial charge in [0.2, 0.25) is 0 Å². The number of benzene rings is 1. The lowest BCUT2D eigenvalue weighted by Gasteiger charge is -1.96. The highest BCUT2D eigenvalue weighted by molar-refractivity contribution is 5.85. The Bertz CT molecular complexity index is 397. The molecule has 0 atom stereocenters. The highest BCUT2D eigenvalue weighted by atomic mass is 16.5. The normalized spacial score (nSPS) is 11.5. The second kappa shape index (κ2) is 6.40. The molecule has 1 N–H and O–H groups in total. The minimum Gasteiger partial charge on any atom is -0.452 e. The summed E-state index contributed by atoms with van der Waals surface area (Å²) in [5.74, 6) is 0. The molecule has 4 heteroatoms. The first-order chi connectivity index (χ1) is 7.72. The molecule has 0 saturated heterocycles. The van der Waals surface area contributed by atoms with Crippen LogP contribution in [0.3, 0.4) is 0 Å². The van der Waals surface area contributed by atoms with Crippen LogP contribution in [0.1, 0.15) is 12.5 Å². The van der Waals surface area contributed by atoms with E-state index in [2.05, 4.69) is 15.3 Å². The van der Waals surface area contributed by atoms with Gasteiger partial charge in [-0.1, -0.05) is 36.4 Å². The first-order valence-electron chi connectivity index (χ1n) is 4.83. The second-order valence-electron chi connectivity index (χ2n) is 3.16. The van der Waals surface area contributed by atoms with Crippen molar-refractivity contribution in [3.8, 4) is 0 Å². The molecule has 0 unspecified atom stereocenters. The van der Waals surface area contributed by atoms with Gasteiger partial charge in [0.25, 0.3) is 0 Å². The number of hydrazone groups is 1. The number of hydrogen-bond acceptors (Lipinski definition) is 3. The number of hydrogen-bond donors (Lipinski definition) is 1. The van der Waals surface area contributed by atoms with Gasteiger partial charge in [0, 0.05) is 0 Å². The third kappa shape index (κ3) is 4.41. The summed E-state index contributed by atoms with van der Waals surface area (Å²) in [5.41, 5.74) is 4.24. The van der Waals surface area contributed by atoms with Crippen molar-refractivity contribution >= 4 is 18.4 Å². The highest BCUT2D eigenvalue weighted by Crippen LogP contribution is 2.04. The molecule has 0 fully saturated rings. The SMILES string of the molecule is COC(=O)N/N=C/C(C)=C\c1ccccc1. The number of carbonyl (C=O) groups is 1. The quantitative estimate of drug-likeness (QED) is 0.625. The maximum Gasteiger partial charge on any atom is 0.427 e. The van der Waals surface area contributed by atoms with Crippen LogP contribution < -0.4 is 5.43 Å². The first-order valence-corrected chi connectivity index (χ1v) is 4.83. The van der Waals surface area contributed by atoms with Crippen LogP contribution in [-0.4, -0.2) is 19.4 Å². The van der Waals surface area contributed by atoms with Gasteiger partial charge in [-0.05, 0) is 18.1 Å². The second-order valence-corrected chi connectivity index (χ2v) is 3.16. The van der Waals surface area contributed by atoms with E-state index in [4.69, 9.17) is 0 Å². The molecule has 0 radical (unpaired) electrons. The van der Waals surface area contributed by atoms with Crippen LogP contribution in [0.2, 0.25) is 0 Å². The van der Waals surface area contributed by atoms with Gasteiger partial charge in [0.15, 0.2) is 0 Å². The van der Waals surface area contributed by atoms with Gasteiger partial charge in [-0.25, -0.2) is 10.2 Å². The Kier molecular flexibility index (Phi) is 4.79. The summed E-state index contributed by atoms with van der Waals surface area (Å²) in [5, 5.41) is 3.72. The molecular formula is C12H14N2O2. The summed E-state index contributed by atoms with van der Waals surface area (Å²) in [6.07, 6.45) is 2.94. The molecule has 1 aromatic rings. The highest BCUT2D eigenvalue weighted by Gasteiger charge is 1.92. The molecule has 1 amide bonds. The van der Waals surface area contributed by atoms with E-state index in [1.807, 2.05) is 43.3 Å². The largest absolute Gasteiger partial charge is 0.452 e. The molecule has 0 aliphatic heterocycles. The van der Waals surface area contributed by atoms with E-state index >= 15 is 0 Å². The van der Waals surface area contributed by atoms with Crippen LogP contribution in [0.5, 0.6) is 0 Å². The predicted molar refractivity (Wildman–Crippen MR) is 64.1 cm³/mol. The number of rotatable bonds is 3. The van der Waals surface area contributed by atoms with Gasteiger partial charge in [-0.2, -0.15) is 5.10 Å². The van der Waals surface area contributed by atoms with Crippen LogP contribution in [0, 0.1) is 0 Å². The number of amides is 1. The van der Waals surface area contributed by atoms with Gasteiger partial charge in [-0.15, -0.1) is 0 Å². The first kappa shape index (κ1) is 12.0. The molecule has 84 valence electrons. The van der Waals surface area contributed by atoms with Crippen molar-refractivity contribution in [2.45, 2.75) is 6.92 Å². The third-order valence-electron chi connectivity index (χ3n) is 1.80. The average molecular weight is 218 g/mol. The Morgan fingerprint density at radius 3 is 2.69 bits per heavy atom. The fraction of sp³-hybridized carbons (Fsp3) is 0.167.